The van der Waals surface area contributed by atoms with Gasteiger partial charge in [-0.25, -0.2) is 0 Å². The molecule has 0 fully saturated rings. The molecule has 0 saturated heterocycles. The maximum Gasteiger partial charge on any atom is 0.0463 e. The zero-order valence-electron chi connectivity index (χ0n) is 17.7. The van der Waals surface area contributed by atoms with Crippen LogP contribution in [-0.2, 0) is 0 Å². The average molecular weight is 406 g/mol. The lowest BCUT2D eigenvalue weighted by atomic mass is 9.91. The van der Waals surface area contributed by atoms with Gasteiger partial charge < -0.3 is 4.98 Å². The van der Waals surface area contributed by atoms with Crippen molar-refractivity contribution in [2.24, 2.45) is 0 Å². The average Bonchev–Trinajstić information content (AvgIpc) is 3.36. The molecule has 8 rings (SSSR count). The van der Waals surface area contributed by atoms with E-state index in [9.17, 15) is 0 Å². The SMILES string of the molecule is Cc1c[nH]c2cc3c(cc12)-c1cccc2c1c-3cc1c2ccc2c3ccccc3ccc21. The second-order valence-corrected chi connectivity index (χ2v) is 9.11. The molecule has 0 radical (unpaired) electrons. The number of hydrogen-bond donors (Lipinski definition) is 1. The Bertz CT molecular complexity index is 1930. The highest BCUT2D eigenvalue weighted by Crippen LogP contribution is 2.51. The fourth-order valence-corrected chi connectivity index (χ4v) is 5.98. The van der Waals surface area contributed by atoms with Crippen LogP contribution in [0.4, 0.5) is 0 Å². The molecule has 6 aromatic carbocycles. The zero-order chi connectivity index (χ0) is 21.0. The van der Waals surface area contributed by atoms with Crippen molar-refractivity contribution in [2.45, 2.75) is 6.92 Å². The summed E-state index contributed by atoms with van der Waals surface area (Å²) in [5.74, 6) is 0. The number of H-pyrrole nitrogens is 1. The van der Waals surface area contributed by atoms with Crippen LogP contribution in [0.15, 0.2) is 91.1 Å². The molecule has 1 aromatic heterocycles. The highest BCUT2D eigenvalue weighted by Gasteiger charge is 2.24. The van der Waals surface area contributed by atoms with E-state index in [1.807, 2.05) is 0 Å². The van der Waals surface area contributed by atoms with Crippen molar-refractivity contribution in [3.8, 4) is 22.3 Å². The van der Waals surface area contributed by atoms with Gasteiger partial charge in [0.15, 0.2) is 0 Å². The maximum atomic E-state index is 3.46. The Labute approximate surface area is 184 Å². The minimum Gasteiger partial charge on any atom is -0.361 e. The van der Waals surface area contributed by atoms with Gasteiger partial charge in [-0.2, -0.15) is 0 Å². The molecule has 0 atom stereocenters. The summed E-state index contributed by atoms with van der Waals surface area (Å²) in [7, 11) is 0. The van der Waals surface area contributed by atoms with Gasteiger partial charge in [-0.1, -0.05) is 66.7 Å². The van der Waals surface area contributed by atoms with Crippen LogP contribution < -0.4 is 0 Å². The second-order valence-electron chi connectivity index (χ2n) is 9.11. The Morgan fingerprint density at radius 2 is 1.22 bits per heavy atom. The molecule has 1 heterocycles. The molecule has 1 nitrogen and oxygen atoms in total. The molecular formula is C31H19N. The second kappa shape index (κ2) is 5.57. The molecule has 1 aliphatic rings. The Hall–Kier alpha value is -4.10. The summed E-state index contributed by atoms with van der Waals surface area (Å²) in [4.78, 5) is 3.46. The first kappa shape index (κ1) is 16.6. The predicted octanol–water partition coefficient (Wildman–Crippen LogP) is 8.74. The van der Waals surface area contributed by atoms with Crippen LogP contribution in [0.25, 0.3) is 76.2 Å². The number of aromatic nitrogens is 1. The molecule has 148 valence electrons. The third kappa shape index (κ3) is 1.90. The van der Waals surface area contributed by atoms with Gasteiger partial charge in [0.1, 0.15) is 0 Å². The largest absolute Gasteiger partial charge is 0.361 e. The number of nitrogens with one attached hydrogen (secondary N) is 1. The Kier molecular flexibility index (Phi) is 2.89. The first-order valence-electron chi connectivity index (χ1n) is 11.2. The van der Waals surface area contributed by atoms with Crippen molar-refractivity contribution in [3.63, 3.8) is 0 Å². The van der Waals surface area contributed by atoms with Crippen molar-refractivity contribution >= 4 is 54.0 Å². The number of benzene rings is 6. The number of rotatable bonds is 0. The Morgan fingerprint density at radius 1 is 0.500 bits per heavy atom. The van der Waals surface area contributed by atoms with E-state index in [4.69, 9.17) is 0 Å². The number of hydrogen-bond acceptors (Lipinski definition) is 0. The summed E-state index contributed by atoms with van der Waals surface area (Å²) in [6, 6.07) is 31.8. The van der Waals surface area contributed by atoms with E-state index in [1.165, 1.54) is 81.8 Å². The fraction of sp³-hybridized carbons (Fsp3) is 0.0323. The van der Waals surface area contributed by atoms with Crippen LogP contribution in [0.1, 0.15) is 5.56 Å². The molecule has 1 heteroatoms. The minimum atomic E-state index is 1.21. The Balaban J connectivity index is 1.58. The summed E-state index contributed by atoms with van der Waals surface area (Å²) < 4.78 is 0. The van der Waals surface area contributed by atoms with Crippen LogP contribution in [0.5, 0.6) is 0 Å². The summed E-state index contributed by atoms with van der Waals surface area (Å²) in [5.41, 5.74) is 7.92. The molecule has 0 amide bonds. The van der Waals surface area contributed by atoms with E-state index in [2.05, 4.69) is 103 Å². The molecule has 0 bridgehead atoms. The summed E-state index contributed by atoms with van der Waals surface area (Å²) in [6.45, 7) is 2.18. The lowest BCUT2D eigenvalue weighted by Gasteiger charge is -2.12. The van der Waals surface area contributed by atoms with Crippen molar-refractivity contribution in [3.05, 3.63) is 96.7 Å². The predicted molar refractivity (Wildman–Crippen MR) is 137 cm³/mol. The van der Waals surface area contributed by atoms with E-state index in [1.54, 1.807) is 0 Å². The number of fused-ring (bicyclic) bond motifs is 10. The molecular weight excluding hydrogens is 386 g/mol. The van der Waals surface area contributed by atoms with Crippen molar-refractivity contribution in [2.75, 3.05) is 0 Å². The van der Waals surface area contributed by atoms with E-state index >= 15 is 0 Å². The first-order valence-corrected chi connectivity index (χ1v) is 11.2. The lowest BCUT2D eigenvalue weighted by molar-refractivity contribution is 1.43. The fourth-order valence-electron chi connectivity index (χ4n) is 5.98. The molecule has 0 saturated carbocycles. The monoisotopic (exact) mass is 405 g/mol. The highest BCUT2D eigenvalue weighted by atomic mass is 14.7. The van der Waals surface area contributed by atoms with Gasteiger partial charge in [0.05, 0.1) is 0 Å². The van der Waals surface area contributed by atoms with Crippen LogP contribution in [0.3, 0.4) is 0 Å². The standard InChI is InChI=1S/C31H19N/c1-17-16-32-30-15-28-27(13-25(17)30)24-8-4-7-23-22-12-11-20-19-6-3-2-5-18(19)9-10-21(20)26(22)14-29(28)31(23)24/h2-16,32H,1H3. The van der Waals surface area contributed by atoms with Gasteiger partial charge in [-0.3, -0.25) is 0 Å². The maximum absolute atomic E-state index is 3.46. The van der Waals surface area contributed by atoms with Gasteiger partial charge in [0, 0.05) is 17.1 Å². The van der Waals surface area contributed by atoms with Gasteiger partial charge in [0.25, 0.3) is 0 Å². The van der Waals surface area contributed by atoms with Gasteiger partial charge >= 0.3 is 0 Å². The summed E-state index contributed by atoms with van der Waals surface area (Å²) in [5, 5.41) is 12.0. The van der Waals surface area contributed by atoms with Crippen LogP contribution in [-0.4, -0.2) is 4.98 Å². The van der Waals surface area contributed by atoms with Crippen LogP contribution in [0, 0.1) is 6.92 Å². The molecule has 0 aliphatic heterocycles. The Morgan fingerprint density at radius 3 is 2.16 bits per heavy atom. The lowest BCUT2D eigenvalue weighted by Crippen LogP contribution is -1.84. The highest BCUT2D eigenvalue weighted by molar-refractivity contribution is 6.29. The zero-order valence-corrected chi connectivity index (χ0v) is 17.7. The molecule has 0 spiro atoms. The van der Waals surface area contributed by atoms with Crippen molar-refractivity contribution < 1.29 is 0 Å². The molecule has 1 N–H and O–H groups in total. The molecule has 32 heavy (non-hydrogen) atoms. The molecule has 7 aromatic rings. The summed E-state index contributed by atoms with van der Waals surface area (Å²) in [6.07, 6.45) is 2.11. The topological polar surface area (TPSA) is 15.8 Å². The quantitative estimate of drug-likeness (QED) is 0.243. The van der Waals surface area contributed by atoms with Gasteiger partial charge in [-0.15, -0.1) is 0 Å². The van der Waals surface area contributed by atoms with E-state index in [-0.39, 0.29) is 0 Å². The smallest absolute Gasteiger partial charge is 0.0463 e. The van der Waals surface area contributed by atoms with E-state index in [0.717, 1.165) is 0 Å². The molecule has 0 unspecified atom stereocenters. The number of aromatic amines is 1. The normalized spacial score (nSPS) is 12.5. The van der Waals surface area contributed by atoms with Crippen LogP contribution >= 0.6 is 0 Å². The van der Waals surface area contributed by atoms with Crippen LogP contribution in [0.2, 0.25) is 0 Å². The van der Waals surface area contributed by atoms with E-state index < -0.39 is 0 Å². The number of aryl methyl sites for hydroxylation is 1. The van der Waals surface area contributed by atoms with Gasteiger partial charge in [-0.05, 0) is 96.0 Å². The minimum absolute atomic E-state index is 1.21. The first-order chi connectivity index (χ1) is 15.8. The third-order valence-electron chi connectivity index (χ3n) is 7.49. The summed E-state index contributed by atoms with van der Waals surface area (Å²) >= 11 is 0. The van der Waals surface area contributed by atoms with E-state index in [0.29, 0.717) is 0 Å². The van der Waals surface area contributed by atoms with Crippen molar-refractivity contribution in [1.29, 1.82) is 0 Å². The van der Waals surface area contributed by atoms with Gasteiger partial charge in [0.2, 0.25) is 0 Å². The third-order valence-corrected chi connectivity index (χ3v) is 7.49. The van der Waals surface area contributed by atoms with Crippen molar-refractivity contribution in [1.82, 2.24) is 4.98 Å². The molecule has 1 aliphatic carbocycles.